The van der Waals surface area contributed by atoms with Gasteiger partial charge >= 0.3 is 6.18 Å². The van der Waals surface area contributed by atoms with E-state index in [0.29, 0.717) is 43.3 Å². The number of carbonyl (C=O) groups is 2. The van der Waals surface area contributed by atoms with Gasteiger partial charge in [-0.15, -0.1) is 11.3 Å². The quantitative estimate of drug-likeness (QED) is 0.740. The Morgan fingerprint density at radius 3 is 2.41 bits per heavy atom. The van der Waals surface area contributed by atoms with Crippen molar-refractivity contribution < 1.29 is 27.5 Å². The van der Waals surface area contributed by atoms with Gasteiger partial charge in [-0.25, -0.2) is 4.98 Å². The third kappa shape index (κ3) is 4.21. The zero-order valence-electron chi connectivity index (χ0n) is 14.3. The smallest absolute Gasteiger partial charge is 0.455 e. The zero-order chi connectivity index (χ0) is 19.6. The maximum Gasteiger partial charge on any atom is 0.455 e. The second-order valence-corrected chi connectivity index (χ2v) is 6.91. The normalized spacial score (nSPS) is 15.0. The van der Waals surface area contributed by atoms with Gasteiger partial charge in [0.1, 0.15) is 11.6 Å². The van der Waals surface area contributed by atoms with Crippen molar-refractivity contribution in [3.05, 3.63) is 40.2 Å². The monoisotopic (exact) mass is 399 g/mol. The molecule has 0 aromatic carbocycles. The number of aromatic nitrogens is 1. The number of halogens is 3. The highest BCUT2D eigenvalue weighted by atomic mass is 32.1. The van der Waals surface area contributed by atoms with Gasteiger partial charge in [0, 0.05) is 38.4 Å². The van der Waals surface area contributed by atoms with Crippen molar-refractivity contribution in [2.75, 3.05) is 38.2 Å². The lowest BCUT2D eigenvalue weighted by Crippen LogP contribution is -2.48. The Morgan fingerprint density at radius 1 is 1.11 bits per heavy atom. The van der Waals surface area contributed by atoms with Crippen molar-refractivity contribution in [1.29, 1.82) is 0 Å². The highest BCUT2D eigenvalue weighted by molar-refractivity contribution is 7.16. The standard InChI is InChI=1S/C17H16F3N3O3S/c1-26-11-4-5-21-14(10-11)22-6-8-23(9-7-22)16(25)13-3-2-12(27-13)15(24)17(18,19)20/h2-5,10H,6-9H2,1H3. The van der Waals surface area contributed by atoms with Crippen molar-refractivity contribution in [3.8, 4) is 5.75 Å². The van der Waals surface area contributed by atoms with E-state index in [9.17, 15) is 22.8 Å². The van der Waals surface area contributed by atoms with Gasteiger partial charge in [0.15, 0.2) is 0 Å². The first-order valence-electron chi connectivity index (χ1n) is 8.05. The minimum absolute atomic E-state index is 0.121. The number of methoxy groups -OCH3 is 1. The number of rotatable bonds is 4. The summed E-state index contributed by atoms with van der Waals surface area (Å²) in [5.41, 5.74) is 0. The molecule has 1 fully saturated rings. The number of anilines is 1. The molecular weight excluding hydrogens is 383 g/mol. The molecule has 3 heterocycles. The second kappa shape index (κ2) is 7.55. The van der Waals surface area contributed by atoms with E-state index in [-0.39, 0.29) is 10.8 Å². The molecule has 0 unspecified atom stereocenters. The number of thiophene rings is 1. The summed E-state index contributed by atoms with van der Waals surface area (Å²) in [7, 11) is 1.56. The molecule has 1 aliphatic rings. The fourth-order valence-corrected chi connectivity index (χ4v) is 3.64. The number of hydrogen-bond donors (Lipinski definition) is 0. The molecule has 0 spiro atoms. The third-order valence-corrected chi connectivity index (χ3v) is 5.21. The van der Waals surface area contributed by atoms with Crippen LogP contribution in [0.1, 0.15) is 19.3 Å². The first kappa shape index (κ1) is 19.2. The van der Waals surface area contributed by atoms with Crippen LogP contribution in [0.5, 0.6) is 5.75 Å². The van der Waals surface area contributed by atoms with Crippen LogP contribution in [0.2, 0.25) is 0 Å². The number of ether oxygens (including phenoxy) is 1. The summed E-state index contributed by atoms with van der Waals surface area (Å²) < 4.78 is 42.7. The molecule has 1 aliphatic heterocycles. The predicted molar refractivity (Wildman–Crippen MR) is 93.6 cm³/mol. The second-order valence-electron chi connectivity index (χ2n) is 5.82. The molecule has 0 radical (unpaired) electrons. The average molecular weight is 399 g/mol. The van der Waals surface area contributed by atoms with Gasteiger partial charge in [0.2, 0.25) is 0 Å². The Kier molecular flexibility index (Phi) is 5.36. The van der Waals surface area contributed by atoms with Crippen molar-refractivity contribution in [1.82, 2.24) is 9.88 Å². The van der Waals surface area contributed by atoms with Crippen LogP contribution in [0.3, 0.4) is 0 Å². The number of nitrogens with zero attached hydrogens (tertiary/aromatic N) is 3. The molecule has 6 nitrogen and oxygen atoms in total. The Labute approximate surface area is 157 Å². The topological polar surface area (TPSA) is 62.7 Å². The Hall–Kier alpha value is -2.62. The largest absolute Gasteiger partial charge is 0.497 e. The molecule has 1 saturated heterocycles. The third-order valence-electron chi connectivity index (χ3n) is 4.14. The van der Waals surface area contributed by atoms with Gasteiger partial charge in [0.05, 0.1) is 16.9 Å². The number of piperazine rings is 1. The van der Waals surface area contributed by atoms with Gasteiger partial charge in [-0.2, -0.15) is 13.2 Å². The zero-order valence-corrected chi connectivity index (χ0v) is 15.1. The lowest BCUT2D eigenvalue weighted by molar-refractivity contribution is -0.0882. The number of Topliss-reactive ketones (excluding diaryl/α,β-unsaturated/α-hetero) is 1. The van der Waals surface area contributed by atoms with Crippen molar-refractivity contribution >= 4 is 28.8 Å². The molecule has 2 aromatic heterocycles. The maximum absolute atomic E-state index is 12.5. The first-order valence-corrected chi connectivity index (χ1v) is 8.87. The average Bonchev–Trinajstić information content (AvgIpc) is 3.16. The molecule has 3 rings (SSSR count). The molecule has 0 atom stereocenters. The molecule has 0 N–H and O–H groups in total. The van der Waals surface area contributed by atoms with Crippen molar-refractivity contribution in [2.45, 2.75) is 6.18 Å². The fraction of sp³-hybridized carbons (Fsp3) is 0.353. The maximum atomic E-state index is 12.5. The van der Waals surface area contributed by atoms with Crippen LogP contribution in [0.25, 0.3) is 0 Å². The predicted octanol–water partition coefficient (Wildman–Crippen LogP) is 2.86. The molecule has 10 heteroatoms. The van der Waals surface area contributed by atoms with Crippen LogP contribution in [-0.4, -0.2) is 61.0 Å². The summed E-state index contributed by atoms with van der Waals surface area (Å²) in [6.45, 7) is 1.87. The SMILES string of the molecule is COc1ccnc(N2CCN(C(=O)c3ccc(C(=O)C(F)(F)F)s3)CC2)c1. The van der Waals surface area contributed by atoms with Gasteiger partial charge in [-0.05, 0) is 18.2 Å². The lowest BCUT2D eigenvalue weighted by atomic mass is 10.2. The van der Waals surface area contributed by atoms with E-state index in [2.05, 4.69) is 4.98 Å². The Balaban J connectivity index is 1.63. The van der Waals surface area contributed by atoms with E-state index >= 15 is 0 Å². The number of amides is 1. The highest BCUT2D eigenvalue weighted by Gasteiger charge is 2.40. The summed E-state index contributed by atoms with van der Waals surface area (Å²) in [6, 6.07) is 5.85. The molecule has 0 bridgehead atoms. The fourth-order valence-electron chi connectivity index (χ4n) is 2.71. The van der Waals surface area contributed by atoms with Crippen LogP contribution in [-0.2, 0) is 0 Å². The van der Waals surface area contributed by atoms with Crippen LogP contribution >= 0.6 is 11.3 Å². The van der Waals surface area contributed by atoms with E-state index in [0.717, 1.165) is 11.9 Å². The number of alkyl halides is 3. The van der Waals surface area contributed by atoms with E-state index in [1.54, 1.807) is 30.3 Å². The van der Waals surface area contributed by atoms with Gasteiger partial charge in [0.25, 0.3) is 11.7 Å². The van der Waals surface area contributed by atoms with Crippen LogP contribution in [0.4, 0.5) is 19.0 Å². The Bertz CT molecular complexity index is 845. The number of ketones is 1. The minimum atomic E-state index is -4.94. The van der Waals surface area contributed by atoms with Crippen molar-refractivity contribution in [3.63, 3.8) is 0 Å². The first-order chi connectivity index (χ1) is 12.8. The summed E-state index contributed by atoms with van der Waals surface area (Å²) in [5.74, 6) is -0.894. The molecule has 0 aliphatic carbocycles. The summed E-state index contributed by atoms with van der Waals surface area (Å²) in [5, 5.41) is 0. The van der Waals surface area contributed by atoms with Crippen molar-refractivity contribution in [2.24, 2.45) is 0 Å². The van der Waals surface area contributed by atoms with Gasteiger partial charge in [-0.1, -0.05) is 0 Å². The van der Waals surface area contributed by atoms with Crippen LogP contribution in [0.15, 0.2) is 30.5 Å². The van der Waals surface area contributed by atoms with Gasteiger partial charge < -0.3 is 14.5 Å². The van der Waals surface area contributed by atoms with Crippen LogP contribution in [0, 0.1) is 0 Å². The Morgan fingerprint density at radius 2 is 1.78 bits per heavy atom. The van der Waals surface area contributed by atoms with E-state index in [1.807, 2.05) is 4.90 Å². The molecule has 27 heavy (non-hydrogen) atoms. The number of hydrogen-bond acceptors (Lipinski definition) is 6. The molecular formula is C17H16F3N3O3S. The van der Waals surface area contributed by atoms with Gasteiger partial charge in [-0.3, -0.25) is 9.59 Å². The summed E-state index contributed by atoms with van der Waals surface area (Å²) in [4.78, 5) is 31.3. The van der Waals surface area contributed by atoms with E-state index in [1.165, 1.54) is 6.07 Å². The molecule has 2 aromatic rings. The summed E-state index contributed by atoms with van der Waals surface area (Å²) in [6.07, 6.45) is -3.31. The van der Waals surface area contributed by atoms with Crippen LogP contribution < -0.4 is 9.64 Å². The lowest BCUT2D eigenvalue weighted by Gasteiger charge is -2.35. The molecule has 144 valence electrons. The minimum Gasteiger partial charge on any atom is -0.497 e. The summed E-state index contributed by atoms with van der Waals surface area (Å²) >= 11 is 0.568. The van der Waals surface area contributed by atoms with E-state index in [4.69, 9.17) is 4.74 Å². The highest BCUT2D eigenvalue weighted by Crippen LogP contribution is 2.27. The number of carbonyl (C=O) groups excluding carboxylic acids is 2. The molecule has 0 saturated carbocycles. The molecule has 1 amide bonds. The number of pyridine rings is 1. The van der Waals surface area contributed by atoms with E-state index < -0.39 is 16.8 Å².